The van der Waals surface area contributed by atoms with Crippen LogP contribution in [0.5, 0.6) is 0 Å². The Morgan fingerprint density at radius 1 is 1.22 bits per heavy atom. The second kappa shape index (κ2) is 8.37. The molecule has 0 saturated heterocycles. The maximum Gasteiger partial charge on any atom is 0.238 e. The number of likely N-dealkylation sites (N-methyl/N-ethyl adjacent to an activating group) is 1. The third-order valence-electron chi connectivity index (χ3n) is 4.16. The summed E-state index contributed by atoms with van der Waals surface area (Å²) in [6.45, 7) is 4.82. The fourth-order valence-electron chi connectivity index (χ4n) is 2.89. The maximum absolute atomic E-state index is 12.2. The van der Waals surface area contributed by atoms with Gasteiger partial charge in [-0.1, -0.05) is 41.4 Å². The molecule has 1 amide bonds. The van der Waals surface area contributed by atoms with Gasteiger partial charge < -0.3 is 9.73 Å². The number of aryl methyl sites for hydroxylation is 2. The zero-order valence-electron chi connectivity index (χ0n) is 15.6. The molecule has 140 valence electrons. The number of anilines is 1. The van der Waals surface area contributed by atoms with Crippen molar-refractivity contribution in [3.05, 3.63) is 70.6 Å². The van der Waals surface area contributed by atoms with Gasteiger partial charge in [-0.05, 0) is 44.7 Å². The third kappa shape index (κ3) is 4.96. The molecule has 6 heteroatoms. The Hall–Kier alpha value is -2.63. The molecule has 3 rings (SSSR count). The minimum Gasteiger partial charge on any atom is -0.444 e. The van der Waals surface area contributed by atoms with Crippen molar-refractivity contribution in [1.82, 2.24) is 9.88 Å². The number of nitrogens with one attached hydrogen (secondary N) is 1. The smallest absolute Gasteiger partial charge is 0.238 e. The van der Waals surface area contributed by atoms with Gasteiger partial charge in [0.15, 0.2) is 0 Å². The van der Waals surface area contributed by atoms with E-state index in [0.29, 0.717) is 23.1 Å². The van der Waals surface area contributed by atoms with Gasteiger partial charge in [-0.15, -0.1) is 0 Å². The third-order valence-corrected chi connectivity index (χ3v) is 4.49. The Kier molecular flexibility index (Phi) is 5.94. The molecule has 5 nitrogen and oxygen atoms in total. The minimum atomic E-state index is -0.135. The summed E-state index contributed by atoms with van der Waals surface area (Å²) in [7, 11) is 1.86. The molecule has 0 saturated carbocycles. The summed E-state index contributed by atoms with van der Waals surface area (Å²) < 4.78 is 5.63. The van der Waals surface area contributed by atoms with Crippen molar-refractivity contribution in [3.63, 3.8) is 0 Å². The number of carbonyl (C=O) groups is 1. The van der Waals surface area contributed by atoms with Crippen LogP contribution in [0, 0.1) is 13.8 Å². The largest absolute Gasteiger partial charge is 0.444 e. The molecule has 2 aromatic carbocycles. The highest BCUT2D eigenvalue weighted by atomic mass is 35.5. The number of rotatable bonds is 6. The van der Waals surface area contributed by atoms with Gasteiger partial charge in [0, 0.05) is 12.1 Å². The number of amides is 1. The van der Waals surface area contributed by atoms with Crippen molar-refractivity contribution >= 4 is 23.2 Å². The van der Waals surface area contributed by atoms with E-state index in [2.05, 4.69) is 23.3 Å². The van der Waals surface area contributed by atoms with E-state index in [1.165, 1.54) is 5.56 Å². The van der Waals surface area contributed by atoms with Crippen molar-refractivity contribution in [2.24, 2.45) is 0 Å². The molecule has 0 radical (unpaired) electrons. The Bertz CT molecular complexity index is 952. The number of nitrogens with zero attached hydrogens (tertiary/aromatic N) is 2. The van der Waals surface area contributed by atoms with Crippen LogP contribution in [-0.2, 0) is 11.3 Å². The number of hydrogen-bond donors (Lipinski definition) is 1. The SMILES string of the molecule is Cc1ccc(-c2nc(CN(C)CC(=O)Nc3ccccc3Cl)co2)c(C)c1. The quantitative estimate of drug-likeness (QED) is 0.671. The first kappa shape index (κ1) is 19.1. The maximum atomic E-state index is 12.2. The molecular weight excluding hydrogens is 362 g/mol. The van der Waals surface area contributed by atoms with Crippen molar-refractivity contribution in [2.75, 3.05) is 18.9 Å². The first-order valence-corrected chi connectivity index (χ1v) is 9.05. The molecule has 0 aliphatic carbocycles. The second-order valence-corrected chi connectivity index (χ2v) is 7.07. The molecule has 0 spiro atoms. The minimum absolute atomic E-state index is 0.135. The van der Waals surface area contributed by atoms with Crippen LogP contribution in [0.15, 0.2) is 53.1 Å². The molecule has 27 heavy (non-hydrogen) atoms. The molecule has 1 aromatic heterocycles. The summed E-state index contributed by atoms with van der Waals surface area (Å²) in [6.07, 6.45) is 1.64. The van der Waals surface area contributed by atoms with E-state index in [4.69, 9.17) is 16.0 Å². The number of halogens is 1. The van der Waals surface area contributed by atoms with Crippen molar-refractivity contribution in [3.8, 4) is 11.5 Å². The van der Waals surface area contributed by atoms with Gasteiger partial charge in [0.25, 0.3) is 0 Å². The number of carbonyl (C=O) groups excluding carboxylic acids is 1. The van der Waals surface area contributed by atoms with Crippen LogP contribution in [0.2, 0.25) is 5.02 Å². The number of benzene rings is 2. The van der Waals surface area contributed by atoms with E-state index in [1.807, 2.05) is 43.1 Å². The summed E-state index contributed by atoms with van der Waals surface area (Å²) in [5.74, 6) is 0.458. The van der Waals surface area contributed by atoms with E-state index in [9.17, 15) is 4.79 Å². The second-order valence-electron chi connectivity index (χ2n) is 6.66. The zero-order valence-corrected chi connectivity index (χ0v) is 16.4. The lowest BCUT2D eigenvalue weighted by molar-refractivity contribution is -0.117. The van der Waals surface area contributed by atoms with E-state index in [1.54, 1.807) is 18.4 Å². The van der Waals surface area contributed by atoms with Crippen LogP contribution in [-0.4, -0.2) is 29.4 Å². The average molecular weight is 384 g/mol. The Morgan fingerprint density at radius 2 is 2.00 bits per heavy atom. The highest BCUT2D eigenvalue weighted by molar-refractivity contribution is 6.33. The normalized spacial score (nSPS) is 11.0. The van der Waals surface area contributed by atoms with Gasteiger partial charge in [-0.3, -0.25) is 9.69 Å². The molecule has 1 heterocycles. The molecule has 0 fully saturated rings. The van der Waals surface area contributed by atoms with Crippen molar-refractivity contribution < 1.29 is 9.21 Å². The molecule has 0 aliphatic heterocycles. The van der Waals surface area contributed by atoms with Crippen molar-refractivity contribution in [1.29, 1.82) is 0 Å². The van der Waals surface area contributed by atoms with Crippen LogP contribution >= 0.6 is 11.6 Å². The average Bonchev–Trinajstić information content (AvgIpc) is 3.04. The number of hydrogen-bond acceptors (Lipinski definition) is 4. The summed E-state index contributed by atoms with van der Waals surface area (Å²) in [4.78, 5) is 18.6. The van der Waals surface area contributed by atoms with Crippen molar-refractivity contribution in [2.45, 2.75) is 20.4 Å². The fourth-order valence-corrected chi connectivity index (χ4v) is 3.07. The molecule has 0 aliphatic rings. The summed E-state index contributed by atoms with van der Waals surface area (Å²) in [5, 5.41) is 3.33. The monoisotopic (exact) mass is 383 g/mol. The lowest BCUT2D eigenvalue weighted by Crippen LogP contribution is -2.30. The molecule has 0 atom stereocenters. The molecule has 0 unspecified atom stereocenters. The highest BCUT2D eigenvalue weighted by Crippen LogP contribution is 2.24. The summed E-state index contributed by atoms with van der Waals surface area (Å²) in [5.41, 5.74) is 4.68. The zero-order chi connectivity index (χ0) is 19.4. The standard InChI is InChI=1S/C21H22ClN3O2/c1-14-8-9-17(15(2)10-14)21-23-16(13-27-21)11-25(3)12-20(26)24-19-7-5-4-6-18(19)22/h4-10,13H,11-12H2,1-3H3,(H,24,26). The topological polar surface area (TPSA) is 58.4 Å². The van der Waals surface area contributed by atoms with Crippen LogP contribution in [0.4, 0.5) is 5.69 Å². The first-order chi connectivity index (χ1) is 12.9. The van der Waals surface area contributed by atoms with E-state index < -0.39 is 0 Å². The predicted octanol–water partition coefficient (Wildman–Crippen LogP) is 4.68. The van der Waals surface area contributed by atoms with Gasteiger partial charge in [0.05, 0.1) is 22.9 Å². The lowest BCUT2D eigenvalue weighted by Gasteiger charge is -2.15. The van der Waals surface area contributed by atoms with Gasteiger partial charge in [-0.25, -0.2) is 4.98 Å². The number of para-hydroxylation sites is 1. The highest BCUT2D eigenvalue weighted by Gasteiger charge is 2.13. The summed E-state index contributed by atoms with van der Waals surface area (Å²) >= 11 is 6.07. The van der Waals surface area contributed by atoms with E-state index >= 15 is 0 Å². The first-order valence-electron chi connectivity index (χ1n) is 8.67. The molecule has 1 N–H and O–H groups in total. The van der Waals surface area contributed by atoms with Crippen LogP contribution in [0.3, 0.4) is 0 Å². The molecule has 3 aromatic rings. The van der Waals surface area contributed by atoms with E-state index in [0.717, 1.165) is 16.8 Å². The van der Waals surface area contributed by atoms with E-state index in [-0.39, 0.29) is 12.5 Å². The van der Waals surface area contributed by atoms with Crippen LogP contribution < -0.4 is 5.32 Å². The predicted molar refractivity (Wildman–Crippen MR) is 108 cm³/mol. The Balaban J connectivity index is 1.60. The fraction of sp³-hybridized carbons (Fsp3) is 0.238. The van der Waals surface area contributed by atoms with Crippen LogP contribution in [0.25, 0.3) is 11.5 Å². The Labute approximate surface area is 164 Å². The van der Waals surface area contributed by atoms with Gasteiger partial charge >= 0.3 is 0 Å². The van der Waals surface area contributed by atoms with Gasteiger partial charge in [-0.2, -0.15) is 0 Å². The number of aromatic nitrogens is 1. The van der Waals surface area contributed by atoms with Crippen LogP contribution in [0.1, 0.15) is 16.8 Å². The number of oxazole rings is 1. The lowest BCUT2D eigenvalue weighted by atomic mass is 10.1. The molecule has 0 bridgehead atoms. The molecular formula is C21H22ClN3O2. The van der Waals surface area contributed by atoms with Gasteiger partial charge in [0.1, 0.15) is 6.26 Å². The Morgan fingerprint density at radius 3 is 2.74 bits per heavy atom. The van der Waals surface area contributed by atoms with Gasteiger partial charge in [0.2, 0.25) is 11.8 Å². The summed E-state index contributed by atoms with van der Waals surface area (Å²) in [6, 6.07) is 13.3.